The van der Waals surface area contributed by atoms with E-state index < -0.39 is 10.0 Å². The van der Waals surface area contributed by atoms with Gasteiger partial charge in [-0.2, -0.15) is 19.7 Å². The highest BCUT2D eigenvalue weighted by atomic mass is 32.2. The molecule has 1 aromatic heterocycles. The van der Waals surface area contributed by atoms with E-state index in [2.05, 4.69) is 15.4 Å². The number of nitrogens with one attached hydrogen (secondary N) is 1. The number of ether oxygens (including phenoxy) is 2. The van der Waals surface area contributed by atoms with Crippen LogP contribution in [-0.2, 0) is 21.2 Å². The van der Waals surface area contributed by atoms with Crippen molar-refractivity contribution >= 4 is 10.0 Å². The molecule has 0 amide bonds. The van der Waals surface area contributed by atoms with Gasteiger partial charge in [-0.05, 0) is 11.6 Å². The molecule has 4 rings (SSSR count). The molecule has 0 aliphatic carbocycles. The highest BCUT2D eigenvalue weighted by Gasteiger charge is 2.42. The molecule has 0 radical (unpaired) electrons. The molecular weight excluding hydrogens is 332 g/mol. The normalized spacial score (nSPS) is 24.0. The van der Waals surface area contributed by atoms with Crippen molar-refractivity contribution in [2.75, 3.05) is 26.8 Å². The minimum Gasteiger partial charge on any atom is -0.492 e. The summed E-state index contributed by atoms with van der Waals surface area (Å²) in [5.41, 5.74) is 1.64. The molecule has 2 aliphatic heterocycles. The first kappa shape index (κ1) is 15.6. The minimum atomic E-state index is -3.66. The summed E-state index contributed by atoms with van der Waals surface area (Å²) >= 11 is 0. The molecule has 0 saturated carbocycles. The van der Waals surface area contributed by atoms with Crippen LogP contribution in [-0.4, -0.2) is 61.0 Å². The van der Waals surface area contributed by atoms with E-state index in [4.69, 9.17) is 9.47 Å². The van der Waals surface area contributed by atoms with Crippen molar-refractivity contribution in [2.45, 2.75) is 23.3 Å². The highest BCUT2D eigenvalue weighted by molar-refractivity contribution is 7.89. The first-order chi connectivity index (χ1) is 11.6. The Hall–Kier alpha value is -1.97. The van der Waals surface area contributed by atoms with Gasteiger partial charge in [-0.15, -0.1) is 0 Å². The van der Waals surface area contributed by atoms with Crippen LogP contribution in [0.15, 0.2) is 29.3 Å². The Morgan fingerprint density at radius 2 is 2.25 bits per heavy atom. The average molecular weight is 350 g/mol. The van der Waals surface area contributed by atoms with Crippen molar-refractivity contribution in [1.82, 2.24) is 19.7 Å². The molecule has 1 fully saturated rings. The monoisotopic (exact) mass is 350 g/mol. The zero-order chi connectivity index (χ0) is 16.7. The number of aromatic amines is 1. The Bertz CT molecular complexity index is 837. The molecule has 9 heteroatoms. The SMILES string of the molecule is CO[C@@H]1CN(S(=O)(=O)c2cccc3c2OCC3)C[C@H]1c1cn[nH]n1. The lowest BCUT2D eigenvalue weighted by atomic mass is 10.0. The number of para-hydroxylation sites is 1. The predicted octanol–water partition coefficient (Wildman–Crippen LogP) is 0.543. The topological polar surface area (TPSA) is 97.4 Å². The quantitative estimate of drug-likeness (QED) is 0.864. The van der Waals surface area contributed by atoms with Gasteiger partial charge in [-0.3, -0.25) is 0 Å². The first-order valence-electron chi connectivity index (χ1n) is 7.74. The highest BCUT2D eigenvalue weighted by Crippen LogP contribution is 2.37. The summed E-state index contributed by atoms with van der Waals surface area (Å²) in [5.74, 6) is 0.331. The van der Waals surface area contributed by atoms with Gasteiger partial charge in [0.2, 0.25) is 10.0 Å². The van der Waals surface area contributed by atoms with Gasteiger partial charge in [-0.25, -0.2) is 8.42 Å². The fourth-order valence-electron chi connectivity index (χ4n) is 3.37. The van der Waals surface area contributed by atoms with Gasteiger partial charge < -0.3 is 9.47 Å². The van der Waals surface area contributed by atoms with E-state index >= 15 is 0 Å². The third kappa shape index (κ3) is 2.40. The molecule has 0 unspecified atom stereocenters. The number of hydrogen-bond donors (Lipinski definition) is 1. The van der Waals surface area contributed by atoms with Gasteiger partial charge in [0.05, 0.1) is 24.6 Å². The number of hydrogen-bond acceptors (Lipinski definition) is 6. The maximum atomic E-state index is 13.1. The third-order valence-electron chi connectivity index (χ3n) is 4.65. The van der Waals surface area contributed by atoms with E-state index in [1.54, 1.807) is 25.4 Å². The van der Waals surface area contributed by atoms with Crippen LogP contribution in [0, 0.1) is 0 Å². The van der Waals surface area contributed by atoms with E-state index in [1.807, 2.05) is 6.07 Å². The van der Waals surface area contributed by atoms with Crippen molar-refractivity contribution in [3.63, 3.8) is 0 Å². The second-order valence-corrected chi connectivity index (χ2v) is 7.85. The van der Waals surface area contributed by atoms with Crippen LogP contribution in [0.4, 0.5) is 0 Å². The Labute approximate surface area is 139 Å². The molecule has 2 aromatic rings. The molecule has 1 saturated heterocycles. The molecule has 0 spiro atoms. The maximum absolute atomic E-state index is 13.1. The number of methoxy groups -OCH3 is 1. The van der Waals surface area contributed by atoms with Crippen molar-refractivity contribution in [3.8, 4) is 5.75 Å². The minimum absolute atomic E-state index is 0.152. The number of nitrogens with zero attached hydrogens (tertiary/aromatic N) is 3. The number of benzene rings is 1. The Kier molecular flexibility index (Phi) is 3.78. The van der Waals surface area contributed by atoms with Crippen molar-refractivity contribution in [1.29, 1.82) is 0 Å². The van der Waals surface area contributed by atoms with Gasteiger partial charge in [0.25, 0.3) is 0 Å². The summed E-state index contributed by atoms with van der Waals surface area (Å²) in [4.78, 5) is 0.230. The fraction of sp³-hybridized carbons (Fsp3) is 0.467. The Morgan fingerprint density at radius 1 is 1.38 bits per heavy atom. The van der Waals surface area contributed by atoms with Gasteiger partial charge in [0.1, 0.15) is 10.6 Å². The maximum Gasteiger partial charge on any atom is 0.246 e. The smallest absolute Gasteiger partial charge is 0.246 e. The zero-order valence-corrected chi connectivity index (χ0v) is 14.0. The number of aromatic nitrogens is 3. The molecule has 1 aromatic carbocycles. The predicted molar refractivity (Wildman–Crippen MR) is 84.3 cm³/mol. The van der Waals surface area contributed by atoms with Crippen LogP contribution < -0.4 is 4.74 Å². The van der Waals surface area contributed by atoms with Crippen molar-refractivity contribution in [3.05, 3.63) is 35.7 Å². The average Bonchev–Trinajstić information content (AvgIpc) is 3.31. The summed E-state index contributed by atoms with van der Waals surface area (Å²) in [6.07, 6.45) is 2.08. The third-order valence-corrected chi connectivity index (χ3v) is 6.50. The van der Waals surface area contributed by atoms with Crippen molar-refractivity contribution in [2.24, 2.45) is 0 Å². The number of sulfonamides is 1. The van der Waals surface area contributed by atoms with E-state index in [1.165, 1.54) is 4.31 Å². The summed E-state index contributed by atoms with van der Waals surface area (Å²) in [5, 5.41) is 10.5. The number of fused-ring (bicyclic) bond motifs is 1. The van der Waals surface area contributed by atoms with Crippen molar-refractivity contribution < 1.29 is 17.9 Å². The standard InChI is InChI=1S/C15H18N4O4S/c1-22-13-9-19(8-11(13)12-7-16-18-17-12)24(20,21)14-4-2-3-10-5-6-23-15(10)14/h2-4,7,11,13H,5-6,8-9H2,1H3,(H,16,17,18)/t11-,13+/m0/s1. The summed E-state index contributed by atoms with van der Waals surface area (Å²) in [6.45, 7) is 1.10. The number of H-pyrrole nitrogens is 1. The van der Waals surface area contributed by atoms with Crippen LogP contribution in [0.3, 0.4) is 0 Å². The molecule has 1 N–H and O–H groups in total. The Balaban J connectivity index is 1.68. The first-order valence-corrected chi connectivity index (χ1v) is 9.18. The van der Waals surface area contributed by atoms with E-state index in [0.29, 0.717) is 24.6 Å². The summed E-state index contributed by atoms with van der Waals surface area (Å²) in [6, 6.07) is 5.27. The van der Waals surface area contributed by atoms with Crippen LogP contribution in [0.25, 0.3) is 0 Å². The van der Waals surface area contributed by atoms with Gasteiger partial charge in [0.15, 0.2) is 0 Å². The second kappa shape index (κ2) is 5.83. The molecule has 2 atom stereocenters. The molecule has 3 heterocycles. The van der Waals surface area contributed by atoms with Crippen LogP contribution in [0.5, 0.6) is 5.75 Å². The van der Waals surface area contributed by atoms with Crippen LogP contribution >= 0.6 is 0 Å². The van der Waals surface area contributed by atoms with Gasteiger partial charge in [-0.1, -0.05) is 12.1 Å². The Morgan fingerprint density at radius 3 is 3.00 bits per heavy atom. The lowest BCUT2D eigenvalue weighted by Crippen LogP contribution is -2.30. The lowest BCUT2D eigenvalue weighted by molar-refractivity contribution is 0.101. The lowest BCUT2D eigenvalue weighted by Gasteiger charge is -2.18. The van der Waals surface area contributed by atoms with E-state index in [9.17, 15) is 8.42 Å². The van der Waals surface area contributed by atoms with Crippen LogP contribution in [0.2, 0.25) is 0 Å². The molecule has 8 nitrogen and oxygen atoms in total. The molecule has 24 heavy (non-hydrogen) atoms. The van der Waals surface area contributed by atoms with E-state index in [0.717, 1.165) is 12.0 Å². The van der Waals surface area contributed by atoms with Crippen LogP contribution in [0.1, 0.15) is 17.2 Å². The molecule has 128 valence electrons. The summed E-state index contributed by atoms with van der Waals surface area (Å²) in [7, 11) is -2.08. The second-order valence-electron chi connectivity index (χ2n) is 5.94. The molecule has 0 bridgehead atoms. The van der Waals surface area contributed by atoms with Gasteiger partial charge in [0, 0.05) is 32.5 Å². The largest absolute Gasteiger partial charge is 0.492 e. The molecular formula is C15H18N4O4S. The molecule has 2 aliphatic rings. The fourth-order valence-corrected chi connectivity index (χ4v) is 5.03. The van der Waals surface area contributed by atoms with Gasteiger partial charge >= 0.3 is 0 Å². The zero-order valence-electron chi connectivity index (χ0n) is 13.2. The van der Waals surface area contributed by atoms with E-state index in [-0.39, 0.29) is 23.5 Å². The summed E-state index contributed by atoms with van der Waals surface area (Å²) < 4.78 is 38.7. The number of rotatable bonds is 4.